The zero-order chi connectivity index (χ0) is 21.8. The maximum absolute atomic E-state index is 12.5. The second-order valence-electron chi connectivity index (χ2n) is 8.56. The molecule has 0 heterocycles. The van der Waals surface area contributed by atoms with Crippen LogP contribution in [0, 0.1) is 13.8 Å². The summed E-state index contributed by atoms with van der Waals surface area (Å²) in [5, 5.41) is 0. The first kappa shape index (κ1) is 21.2. The van der Waals surface area contributed by atoms with Crippen LogP contribution in [0.25, 0.3) is 0 Å². The fourth-order valence-electron chi connectivity index (χ4n) is 4.87. The number of benzene rings is 3. The predicted molar refractivity (Wildman–Crippen MR) is 124 cm³/mol. The van der Waals surface area contributed by atoms with E-state index in [0.29, 0.717) is 11.3 Å². The number of methoxy groups -OCH3 is 1. The molecule has 0 N–H and O–H groups in total. The van der Waals surface area contributed by atoms with E-state index in [4.69, 9.17) is 9.47 Å². The van der Waals surface area contributed by atoms with Gasteiger partial charge in [-0.05, 0) is 73.2 Å². The molecule has 3 heteroatoms. The summed E-state index contributed by atoms with van der Waals surface area (Å²) < 4.78 is 11.2. The maximum Gasteiger partial charge on any atom is 0.343 e. The molecule has 0 atom stereocenters. The quantitative estimate of drug-likeness (QED) is 0.341. The van der Waals surface area contributed by atoms with Crippen molar-refractivity contribution in [1.29, 1.82) is 0 Å². The lowest BCUT2D eigenvalue weighted by molar-refractivity contribution is 0.0733. The lowest BCUT2D eigenvalue weighted by atomic mass is 9.65. The van der Waals surface area contributed by atoms with Crippen LogP contribution < -0.4 is 9.47 Å². The second kappa shape index (κ2) is 8.97. The van der Waals surface area contributed by atoms with E-state index in [1.54, 1.807) is 19.2 Å². The summed E-state index contributed by atoms with van der Waals surface area (Å²) in [6, 6.07) is 22.0. The minimum atomic E-state index is -0.324. The first-order chi connectivity index (χ1) is 15.0. The SMILES string of the molecule is COc1ccc(C2(c3ccc(OC(=O)c4ccccc4)c(C)c3)CCCCC2)cc1C. The highest BCUT2D eigenvalue weighted by molar-refractivity contribution is 5.91. The van der Waals surface area contributed by atoms with E-state index in [1.807, 2.05) is 31.2 Å². The Balaban J connectivity index is 1.68. The van der Waals surface area contributed by atoms with Crippen LogP contribution >= 0.6 is 0 Å². The van der Waals surface area contributed by atoms with Gasteiger partial charge in [0.2, 0.25) is 0 Å². The Kier molecular flexibility index (Phi) is 6.13. The zero-order valence-corrected chi connectivity index (χ0v) is 18.6. The predicted octanol–water partition coefficient (Wildman–Crippen LogP) is 6.78. The molecule has 3 aromatic carbocycles. The van der Waals surface area contributed by atoms with Crippen LogP contribution in [0.2, 0.25) is 0 Å². The van der Waals surface area contributed by atoms with Crippen molar-refractivity contribution in [3.8, 4) is 11.5 Å². The molecule has 31 heavy (non-hydrogen) atoms. The molecule has 0 amide bonds. The number of rotatable bonds is 5. The summed E-state index contributed by atoms with van der Waals surface area (Å²) >= 11 is 0. The third kappa shape index (κ3) is 4.23. The lowest BCUT2D eigenvalue weighted by Crippen LogP contribution is -2.30. The molecule has 1 aliphatic rings. The lowest BCUT2D eigenvalue weighted by Gasteiger charge is -2.39. The van der Waals surface area contributed by atoms with Crippen molar-refractivity contribution >= 4 is 5.97 Å². The Morgan fingerprint density at radius 3 is 1.90 bits per heavy atom. The van der Waals surface area contributed by atoms with Gasteiger partial charge in [0, 0.05) is 5.41 Å². The summed E-state index contributed by atoms with van der Waals surface area (Å²) in [6.45, 7) is 4.13. The molecule has 0 bridgehead atoms. The van der Waals surface area contributed by atoms with E-state index in [0.717, 1.165) is 29.7 Å². The third-order valence-corrected chi connectivity index (χ3v) is 6.59. The van der Waals surface area contributed by atoms with Crippen molar-refractivity contribution in [3.63, 3.8) is 0 Å². The highest BCUT2D eigenvalue weighted by atomic mass is 16.5. The number of hydrogen-bond acceptors (Lipinski definition) is 3. The Bertz CT molecular complexity index is 1060. The summed E-state index contributed by atoms with van der Waals surface area (Å²) in [5.41, 5.74) is 5.34. The number of esters is 1. The van der Waals surface area contributed by atoms with Crippen LogP contribution in [0.3, 0.4) is 0 Å². The van der Waals surface area contributed by atoms with E-state index in [9.17, 15) is 4.79 Å². The molecule has 4 rings (SSSR count). The van der Waals surface area contributed by atoms with Gasteiger partial charge in [0.25, 0.3) is 0 Å². The number of hydrogen-bond donors (Lipinski definition) is 0. The van der Waals surface area contributed by atoms with Crippen molar-refractivity contribution in [2.45, 2.75) is 51.4 Å². The van der Waals surface area contributed by atoms with Gasteiger partial charge in [0.05, 0.1) is 12.7 Å². The Morgan fingerprint density at radius 1 is 0.774 bits per heavy atom. The van der Waals surface area contributed by atoms with E-state index in [-0.39, 0.29) is 11.4 Å². The molecule has 0 aromatic heterocycles. The van der Waals surface area contributed by atoms with E-state index < -0.39 is 0 Å². The first-order valence-corrected chi connectivity index (χ1v) is 11.1. The Hall–Kier alpha value is -3.07. The van der Waals surface area contributed by atoms with Crippen molar-refractivity contribution < 1.29 is 14.3 Å². The molecule has 3 nitrogen and oxygen atoms in total. The zero-order valence-electron chi connectivity index (χ0n) is 18.6. The van der Waals surface area contributed by atoms with Crippen molar-refractivity contribution in [1.82, 2.24) is 0 Å². The van der Waals surface area contributed by atoms with Gasteiger partial charge in [0.15, 0.2) is 0 Å². The molecule has 160 valence electrons. The molecular formula is C28H30O3. The topological polar surface area (TPSA) is 35.5 Å². The molecular weight excluding hydrogens is 384 g/mol. The third-order valence-electron chi connectivity index (χ3n) is 6.59. The van der Waals surface area contributed by atoms with Crippen molar-refractivity contribution in [2.24, 2.45) is 0 Å². The molecule has 0 radical (unpaired) electrons. The Morgan fingerprint density at radius 2 is 1.35 bits per heavy atom. The monoisotopic (exact) mass is 414 g/mol. The molecule has 0 saturated heterocycles. The number of carbonyl (C=O) groups excluding carboxylic acids is 1. The van der Waals surface area contributed by atoms with Gasteiger partial charge in [-0.2, -0.15) is 0 Å². The maximum atomic E-state index is 12.5. The van der Waals surface area contributed by atoms with E-state index >= 15 is 0 Å². The van der Waals surface area contributed by atoms with Crippen LogP contribution in [0.4, 0.5) is 0 Å². The minimum absolute atomic E-state index is 0.0119. The van der Waals surface area contributed by atoms with Crippen LogP contribution in [0.15, 0.2) is 66.7 Å². The highest BCUT2D eigenvalue weighted by Crippen LogP contribution is 2.46. The van der Waals surface area contributed by atoms with Gasteiger partial charge < -0.3 is 9.47 Å². The van der Waals surface area contributed by atoms with Crippen LogP contribution in [-0.2, 0) is 5.41 Å². The molecule has 1 saturated carbocycles. The number of carbonyl (C=O) groups is 1. The second-order valence-corrected chi connectivity index (χ2v) is 8.56. The average Bonchev–Trinajstić information content (AvgIpc) is 2.81. The van der Waals surface area contributed by atoms with Gasteiger partial charge in [-0.25, -0.2) is 4.79 Å². The largest absolute Gasteiger partial charge is 0.496 e. The molecule has 1 fully saturated rings. The van der Waals surface area contributed by atoms with Crippen molar-refractivity contribution in [2.75, 3.05) is 7.11 Å². The normalized spacial score (nSPS) is 15.3. The van der Waals surface area contributed by atoms with Gasteiger partial charge in [-0.3, -0.25) is 0 Å². The van der Waals surface area contributed by atoms with E-state index in [2.05, 4.69) is 37.3 Å². The van der Waals surface area contributed by atoms with Gasteiger partial charge >= 0.3 is 5.97 Å². The summed E-state index contributed by atoms with van der Waals surface area (Å²) in [6.07, 6.45) is 5.97. The van der Waals surface area contributed by atoms with E-state index in [1.165, 1.54) is 30.4 Å². The van der Waals surface area contributed by atoms with Crippen molar-refractivity contribution in [3.05, 3.63) is 94.5 Å². The summed E-state index contributed by atoms with van der Waals surface area (Å²) in [5.74, 6) is 1.22. The molecule has 0 spiro atoms. The summed E-state index contributed by atoms with van der Waals surface area (Å²) in [7, 11) is 1.72. The smallest absolute Gasteiger partial charge is 0.343 e. The van der Waals surface area contributed by atoms with Gasteiger partial charge in [-0.15, -0.1) is 0 Å². The molecule has 3 aromatic rings. The Labute approximate surface area is 185 Å². The van der Waals surface area contributed by atoms with Crippen LogP contribution in [-0.4, -0.2) is 13.1 Å². The number of aryl methyl sites for hydroxylation is 2. The van der Waals surface area contributed by atoms with Crippen LogP contribution in [0.5, 0.6) is 11.5 Å². The minimum Gasteiger partial charge on any atom is -0.496 e. The first-order valence-electron chi connectivity index (χ1n) is 11.1. The summed E-state index contributed by atoms with van der Waals surface area (Å²) in [4.78, 5) is 12.5. The van der Waals surface area contributed by atoms with Gasteiger partial charge in [-0.1, -0.05) is 61.7 Å². The fraction of sp³-hybridized carbons (Fsp3) is 0.321. The fourth-order valence-corrected chi connectivity index (χ4v) is 4.87. The standard InChI is InChI=1S/C28H30O3/c1-20-18-23(12-14-25(20)30-3)28(16-8-5-9-17-28)24-13-15-26(21(2)19-24)31-27(29)22-10-6-4-7-11-22/h4,6-7,10-15,18-19H,5,8-9,16-17H2,1-3H3. The number of ether oxygens (including phenoxy) is 2. The molecule has 0 unspecified atom stereocenters. The van der Waals surface area contributed by atoms with Gasteiger partial charge in [0.1, 0.15) is 11.5 Å². The average molecular weight is 415 g/mol. The molecule has 0 aliphatic heterocycles. The molecule has 1 aliphatic carbocycles. The van der Waals surface area contributed by atoms with Crippen LogP contribution in [0.1, 0.15) is 64.7 Å². The highest BCUT2D eigenvalue weighted by Gasteiger charge is 2.36.